The number of unbranched alkanes of at least 4 members (excludes halogenated alkanes) is 3. The zero-order valence-electron chi connectivity index (χ0n) is 30.8. The van der Waals surface area contributed by atoms with Gasteiger partial charge in [0.1, 0.15) is 0 Å². The fraction of sp³-hybridized carbons (Fsp3) is 0.610. The van der Waals surface area contributed by atoms with E-state index in [1.807, 2.05) is 51.1 Å². The summed E-state index contributed by atoms with van der Waals surface area (Å²) in [5, 5.41) is 10.4. The van der Waals surface area contributed by atoms with E-state index in [9.17, 15) is 24.3 Å². The van der Waals surface area contributed by atoms with Crippen molar-refractivity contribution in [2.24, 2.45) is 17.8 Å². The molecule has 3 unspecified atom stereocenters. The van der Waals surface area contributed by atoms with Gasteiger partial charge in [-0.1, -0.05) is 130 Å². The molecule has 0 aromatic heterocycles. The Bertz CT molecular complexity index is 1320. The highest BCUT2D eigenvalue weighted by Crippen LogP contribution is 2.30. The molecule has 0 fully saturated rings. The summed E-state index contributed by atoms with van der Waals surface area (Å²) in [6.45, 7) is 12.8. The molecular formula is C41H60O8. The molecule has 272 valence electrons. The topological polar surface area (TPSA) is 116 Å². The van der Waals surface area contributed by atoms with Crippen molar-refractivity contribution in [2.45, 2.75) is 125 Å². The van der Waals surface area contributed by atoms with Gasteiger partial charge in [-0.25, -0.2) is 19.2 Å². The SMILES string of the molecule is CCCCC(CC)COC(=O)c1cc(C(=O)O)c(C(=O)OCC(CC)CCCC)c(Cc2ccccc2)c1C(=O)OCC(CC)CCCC. The van der Waals surface area contributed by atoms with Crippen LogP contribution in [0.2, 0.25) is 0 Å². The Hall–Kier alpha value is -3.68. The minimum Gasteiger partial charge on any atom is -0.478 e. The minimum absolute atomic E-state index is 0.00523. The molecule has 3 atom stereocenters. The lowest BCUT2D eigenvalue weighted by Gasteiger charge is -2.22. The first-order valence-corrected chi connectivity index (χ1v) is 18.6. The van der Waals surface area contributed by atoms with E-state index in [2.05, 4.69) is 20.8 Å². The van der Waals surface area contributed by atoms with Crippen molar-refractivity contribution < 1.29 is 38.5 Å². The molecule has 2 aromatic carbocycles. The number of carbonyl (C=O) groups excluding carboxylic acids is 3. The van der Waals surface area contributed by atoms with Crippen LogP contribution in [0.4, 0.5) is 0 Å². The fourth-order valence-corrected chi connectivity index (χ4v) is 6.01. The van der Waals surface area contributed by atoms with Gasteiger partial charge < -0.3 is 19.3 Å². The highest BCUT2D eigenvalue weighted by Gasteiger charge is 2.34. The maximum atomic E-state index is 14.2. The molecule has 0 saturated heterocycles. The first kappa shape index (κ1) is 41.5. The minimum atomic E-state index is -1.41. The number of rotatable bonds is 24. The third-order valence-electron chi connectivity index (χ3n) is 9.49. The summed E-state index contributed by atoms with van der Waals surface area (Å²) in [6.07, 6.45) is 11.0. The van der Waals surface area contributed by atoms with Crippen LogP contribution < -0.4 is 0 Å². The average Bonchev–Trinajstić information content (AvgIpc) is 3.11. The van der Waals surface area contributed by atoms with E-state index in [-0.39, 0.29) is 66.2 Å². The third kappa shape index (κ3) is 13.3. The molecule has 0 spiro atoms. The van der Waals surface area contributed by atoms with Gasteiger partial charge in [0.05, 0.1) is 42.1 Å². The fourth-order valence-electron chi connectivity index (χ4n) is 6.01. The summed E-state index contributed by atoms with van der Waals surface area (Å²) in [5.41, 5.74) is -0.191. The number of carboxylic acid groups (broad SMARTS) is 1. The number of hydrogen-bond acceptors (Lipinski definition) is 7. The summed E-state index contributed by atoms with van der Waals surface area (Å²) in [4.78, 5) is 54.8. The number of esters is 3. The van der Waals surface area contributed by atoms with Crippen LogP contribution in [0.1, 0.15) is 171 Å². The second-order valence-electron chi connectivity index (χ2n) is 13.2. The normalized spacial score (nSPS) is 12.9. The molecule has 49 heavy (non-hydrogen) atoms. The average molecular weight is 681 g/mol. The Morgan fingerprint density at radius 2 is 1.00 bits per heavy atom. The molecule has 1 N–H and O–H groups in total. The van der Waals surface area contributed by atoms with Crippen molar-refractivity contribution in [1.82, 2.24) is 0 Å². The van der Waals surface area contributed by atoms with Crippen molar-refractivity contribution in [1.29, 1.82) is 0 Å². The molecule has 2 rings (SSSR count). The van der Waals surface area contributed by atoms with E-state index in [0.29, 0.717) is 0 Å². The largest absolute Gasteiger partial charge is 0.478 e. The lowest BCUT2D eigenvalue weighted by atomic mass is 9.87. The number of benzene rings is 2. The van der Waals surface area contributed by atoms with Gasteiger partial charge in [0.15, 0.2) is 0 Å². The maximum Gasteiger partial charge on any atom is 0.339 e. The molecule has 0 aliphatic rings. The summed E-state index contributed by atoms with van der Waals surface area (Å²) in [6, 6.07) is 10.2. The number of ether oxygens (including phenoxy) is 3. The van der Waals surface area contributed by atoms with Gasteiger partial charge in [-0.05, 0) is 60.6 Å². The molecular weight excluding hydrogens is 620 g/mol. The summed E-state index contributed by atoms with van der Waals surface area (Å²) in [5.74, 6) is -3.49. The summed E-state index contributed by atoms with van der Waals surface area (Å²) < 4.78 is 17.5. The standard InChI is InChI=1S/C41H60O8/c1-7-13-19-29(10-4)26-47-39(44)35-25-34(38(42)43)36(40(45)48-27-30(11-5)20-14-8-2)33(24-32-22-17-16-18-23-32)37(35)41(46)49-28-31(12-6)21-15-9-3/h16-18,22-23,25,29-31H,7-15,19-21,24,26-28H2,1-6H3,(H,42,43). The molecule has 8 nitrogen and oxygen atoms in total. The van der Waals surface area contributed by atoms with E-state index in [1.54, 1.807) is 0 Å². The molecule has 0 amide bonds. The monoisotopic (exact) mass is 680 g/mol. The van der Waals surface area contributed by atoms with Crippen LogP contribution in [0.25, 0.3) is 0 Å². The summed E-state index contributed by atoms with van der Waals surface area (Å²) in [7, 11) is 0. The first-order chi connectivity index (χ1) is 23.6. The van der Waals surface area contributed by atoms with Crippen LogP contribution in [0.15, 0.2) is 36.4 Å². The lowest BCUT2D eigenvalue weighted by molar-refractivity contribution is 0.0376. The molecule has 0 saturated carbocycles. The number of carboxylic acids is 1. The van der Waals surface area contributed by atoms with Crippen LogP contribution in [0.5, 0.6) is 0 Å². The third-order valence-corrected chi connectivity index (χ3v) is 9.49. The van der Waals surface area contributed by atoms with Crippen molar-refractivity contribution in [3.8, 4) is 0 Å². The van der Waals surface area contributed by atoms with Gasteiger partial charge in [0.25, 0.3) is 0 Å². The van der Waals surface area contributed by atoms with Crippen LogP contribution in [0.3, 0.4) is 0 Å². The highest BCUT2D eigenvalue weighted by molar-refractivity contribution is 6.12. The second-order valence-corrected chi connectivity index (χ2v) is 13.2. The predicted molar refractivity (Wildman–Crippen MR) is 193 cm³/mol. The van der Waals surface area contributed by atoms with Gasteiger partial charge >= 0.3 is 23.9 Å². The zero-order valence-corrected chi connectivity index (χ0v) is 30.8. The van der Waals surface area contributed by atoms with Gasteiger partial charge in [-0.2, -0.15) is 0 Å². The zero-order chi connectivity index (χ0) is 36.2. The predicted octanol–water partition coefficient (Wildman–Crippen LogP) is 10.1. The number of hydrogen-bond donors (Lipinski definition) is 1. The van der Waals surface area contributed by atoms with Crippen molar-refractivity contribution in [3.63, 3.8) is 0 Å². The second kappa shape index (κ2) is 22.9. The first-order valence-electron chi connectivity index (χ1n) is 18.6. The van der Waals surface area contributed by atoms with E-state index < -0.39 is 29.4 Å². The Morgan fingerprint density at radius 1 is 0.592 bits per heavy atom. The van der Waals surface area contributed by atoms with Gasteiger partial charge in [0, 0.05) is 0 Å². The van der Waals surface area contributed by atoms with Crippen molar-refractivity contribution >= 4 is 23.9 Å². The lowest BCUT2D eigenvalue weighted by Crippen LogP contribution is -2.26. The Labute approximate surface area is 294 Å². The van der Waals surface area contributed by atoms with Crippen LogP contribution in [0, 0.1) is 17.8 Å². The molecule has 0 radical (unpaired) electrons. The molecule has 8 heteroatoms. The number of aromatic carboxylic acids is 1. The Balaban J connectivity index is 2.77. The maximum absolute atomic E-state index is 14.2. The van der Waals surface area contributed by atoms with Crippen LogP contribution >= 0.6 is 0 Å². The van der Waals surface area contributed by atoms with E-state index in [1.165, 1.54) is 0 Å². The van der Waals surface area contributed by atoms with Gasteiger partial charge in [-0.15, -0.1) is 0 Å². The van der Waals surface area contributed by atoms with E-state index in [4.69, 9.17) is 14.2 Å². The molecule has 0 heterocycles. The van der Waals surface area contributed by atoms with Crippen molar-refractivity contribution in [2.75, 3.05) is 19.8 Å². The van der Waals surface area contributed by atoms with Crippen LogP contribution in [-0.4, -0.2) is 48.8 Å². The van der Waals surface area contributed by atoms with E-state index >= 15 is 0 Å². The smallest absolute Gasteiger partial charge is 0.339 e. The Morgan fingerprint density at radius 3 is 1.39 bits per heavy atom. The van der Waals surface area contributed by atoms with Crippen LogP contribution in [-0.2, 0) is 20.6 Å². The van der Waals surface area contributed by atoms with E-state index in [0.717, 1.165) is 88.7 Å². The Kier molecular flexibility index (Phi) is 19.4. The summed E-state index contributed by atoms with van der Waals surface area (Å²) >= 11 is 0. The number of carbonyl (C=O) groups is 4. The molecule has 0 aliphatic heterocycles. The molecule has 0 bridgehead atoms. The van der Waals surface area contributed by atoms with Crippen molar-refractivity contribution in [3.05, 3.63) is 69.8 Å². The molecule has 0 aliphatic carbocycles. The highest BCUT2D eigenvalue weighted by atomic mass is 16.5. The quantitative estimate of drug-likeness (QED) is 0.0860. The van der Waals surface area contributed by atoms with Gasteiger partial charge in [-0.3, -0.25) is 0 Å². The molecule has 2 aromatic rings. The van der Waals surface area contributed by atoms with Gasteiger partial charge in [0.2, 0.25) is 0 Å².